The van der Waals surface area contributed by atoms with Gasteiger partial charge in [0.25, 0.3) is 0 Å². The van der Waals surface area contributed by atoms with Crippen LogP contribution in [0.1, 0.15) is 40.0 Å². The van der Waals surface area contributed by atoms with E-state index in [-0.39, 0.29) is 5.78 Å². The molecule has 0 heterocycles. The van der Waals surface area contributed by atoms with Crippen molar-refractivity contribution in [3.63, 3.8) is 0 Å². The summed E-state index contributed by atoms with van der Waals surface area (Å²) in [6, 6.07) is 2.92. The van der Waals surface area contributed by atoms with Gasteiger partial charge in [0, 0.05) is 24.2 Å². The number of ketones is 1. The quantitative estimate of drug-likeness (QED) is 0.421. The Morgan fingerprint density at radius 1 is 1.29 bits per heavy atom. The van der Waals surface area contributed by atoms with Crippen LogP contribution in [0.2, 0.25) is 19.6 Å². The van der Waals surface area contributed by atoms with Crippen molar-refractivity contribution < 1.29 is 14.3 Å². The van der Waals surface area contributed by atoms with Gasteiger partial charge in [0.2, 0.25) is 0 Å². The predicted octanol–water partition coefficient (Wildman–Crippen LogP) is 3.70. The molecule has 0 unspecified atom stereocenters. The van der Waals surface area contributed by atoms with Gasteiger partial charge in [0.15, 0.2) is 5.78 Å². The maximum atomic E-state index is 12.3. The lowest BCUT2D eigenvalue weighted by Gasteiger charge is -2.26. The normalized spacial score (nSPS) is 15.7. The molecule has 1 rings (SSSR count). The van der Waals surface area contributed by atoms with E-state index in [4.69, 9.17) is 4.74 Å². The van der Waals surface area contributed by atoms with Crippen LogP contribution >= 0.6 is 0 Å². The van der Waals surface area contributed by atoms with Gasteiger partial charge in [0.1, 0.15) is 13.7 Å². The van der Waals surface area contributed by atoms with Gasteiger partial charge >= 0.3 is 6.09 Å². The Bertz CT molecular complexity index is 512. The summed E-state index contributed by atoms with van der Waals surface area (Å²) in [4.78, 5) is 25.3. The predicted molar refractivity (Wildman–Crippen MR) is 86.1 cm³/mol. The highest BCUT2D eigenvalue weighted by Gasteiger charge is 2.26. The van der Waals surface area contributed by atoms with E-state index < -0.39 is 19.8 Å². The zero-order chi connectivity index (χ0) is 16.3. The molecule has 0 saturated carbocycles. The van der Waals surface area contributed by atoms with E-state index in [1.807, 2.05) is 20.8 Å². The minimum Gasteiger partial charge on any atom is -0.443 e. The third-order valence-electron chi connectivity index (χ3n) is 2.59. The number of ether oxygens (including phenoxy) is 1. The molecule has 0 atom stereocenters. The maximum Gasteiger partial charge on any atom is 0.426 e. The molecule has 0 N–H and O–H groups in total. The molecule has 21 heavy (non-hydrogen) atoms. The highest BCUT2D eigenvalue weighted by molar-refractivity contribution is 6.83. The summed E-state index contributed by atoms with van der Waals surface area (Å²) in [5.41, 5.74) is 3.22. The fraction of sp³-hybridized carbons (Fsp3) is 0.625. The van der Waals surface area contributed by atoms with Crippen molar-refractivity contribution in [2.24, 2.45) is 0 Å². The van der Waals surface area contributed by atoms with Crippen LogP contribution in [-0.4, -0.2) is 30.5 Å². The topological polar surface area (TPSA) is 46.6 Å². The molecule has 116 valence electrons. The van der Waals surface area contributed by atoms with Gasteiger partial charge in [-0.15, -0.1) is 5.54 Å². The Morgan fingerprint density at radius 3 is 2.38 bits per heavy atom. The van der Waals surface area contributed by atoms with Gasteiger partial charge in [0.05, 0.1) is 0 Å². The number of nitrogens with zero attached hydrogens (tertiary/aromatic N) is 1. The van der Waals surface area contributed by atoms with Crippen molar-refractivity contribution in [1.82, 2.24) is 4.90 Å². The van der Waals surface area contributed by atoms with Gasteiger partial charge in [-0.3, -0.25) is 4.79 Å². The summed E-state index contributed by atoms with van der Waals surface area (Å²) < 4.78 is 5.40. The van der Waals surface area contributed by atoms with Crippen LogP contribution in [0.25, 0.3) is 0 Å². The number of carbonyl (C=O) groups is 2. The molecule has 1 aliphatic carbocycles. The summed E-state index contributed by atoms with van der Waals surface area (Å²) >= 11 is 0. The van der Waals surface area contributed by atoms with Crippen molar-refractivity contribution in [3.05, 3.63) is 11.8 Å². The zero-order valence-electron chi connectivity index (χ0n) is 13.9. The molecular formula is C16H25NO3Si. The Labute approximate surface area is 128 Å². The molecule has 0 spiro atoms. The van der Waals surface area contributed by atoms with Crippen molar-refractivity contribution in [3.8, 4) is 11.6 Å². The van der Waals surface area contributed by atoms with Gasteiger partial charge in [-0.1, -0.05) is 19.6 Å². The van der Waals surface area contributed by atoms with E-state index in [2.05, 4.69) is 31.2 Å². The minimum atomic E-state index is -1.63. The Hall–Kier alpha value is -1.54. The van der Waals surface area contributed by atoms with Crippen molar-refractivity contribution in [1.29, 1.82) is 0 Å². The smallest absolute Gasteiger partial charge is 0.426 e. The molecule has 0 aromatic rings. The second kappa shape index (κ2) is 6.48. The number of allylic oxidation sites excluding steroid dienone is 2. The van der Waals surface area contributed by atoms with E-state index in [0.717, 1.165) is 6.42 Å². The third-order valence-corrected chi connectivity index (χ3v) is 3.45. The zero-order valence-corrected chi connectivity index (χ0v) is 14.9. The molecule has 1 amide bonds. The van der Waals surface area contributed by atoms with Crippen molar-refractivity contribution in [2.45, 2.75) is 65.3 Å². The number of hydrogen-bond acceptors (Lipinski definition) is 3. The van der Waals surface area contributed by atoms with Crippen molar-refractivity contribution >= 4 is 20.0 Å². The molecule has 0 aromatic carbocycles. The highest BCUT2D eigenvalue weighted by Crippen LogP contribution is 2.21. The number of carbonyl (C=O) groups excluding carboxylic acids is 2. The lowest BCUT2D eigenvalue weighted by atomic mass is 10.0. The second-order valence-corrected chi connectivity index (χ2v) is 12.0. The number of hydrogen-bond donors (Lipinski definition) is 0. The van der Waals surface area contributed by atoms with Crippen LogP contribution in [-0.2, 0) is 9.53 Å². The molecule has 5 heteroatoms. The second-order valence-electron chi connectivity index (χ2n) is 7.26. The van der Waals surface area contributed by atoms with E-state index >= 15 is 0 Å². The van der Waals surface area contributed by atoms with Crippen LogP contribution in [0.3, 0.4) is 0 Å². The molecular weight excluding hydrogens is 282 g/mol. The summed E-state index contributed by atoms with van der Waals surface area (Å²) in [6.07, 6.45) is 2.97. The van der Waals surface area contributed by atoms with Gasteiger partial charge in [-0.2, -0.15) is 0 Å². The first-order chi connectivity index (χ1) is 9.48. The average Bonchev–Trinajstić information content (AvgIpc) is 2.25. The van der Waals surface area contributed by atoms with Crippen LogP contribution < -0.4 is 0 Å². The van der Waals surface area contributed by atoms with Crippen LogP contribution in [0.15, 0.2) is 11.8 Å². The van der Waals surface area contributed by atoms with E-state index in [0.29, 0.717) is 18.5 Å². The summed E-state index contributed by atoms with van der Waals surface area (Å²) in [6.45, 7) is 11.8. The number of amides is 1. The van der Waals surface area contributed by atoms with Crippen molar-refractivity contribution in [2.75, 3.05) is 0 Å². The monoisotopic (exact) mass is 307 g/mol. The summed E-state index contributed by atoms with van der Waals surface area (Å²) in [5.74, 6) is 0.0413. The lowest BCUT2D eigenvalue weighted by molar-refractivity contribution is -0.115. The molecule has 0 bridgehead atoms. The molecule has 0 radical (unpaired) electrons. The molecule has 0 aliphatic heterocycles. The molecule has 0 saturated heterocycles. The molecule has 0 aromatic heterocycles. The molecule has 1 aliphatic rings. The van der Waals surface area contributed by atoms with Crippen LogP contribution in [0.5, 0.6) is 0 Å². The molecule has 4 nitrogen and oxygen atoms in total. The Morgan fingerprint density at radius 2 is 1.90 bits per heavy atom. The Kier molecular flexibility index (Phi) is 5.40. The van der Waals surface area contributed by atoms with E-state index in [1.165, 1.54) is 11.0 Å². The largest absolute Gasteiger partial charge is 0.443 e. The first-order valence-corrected chi connectivity index (χ1v) is 10.8. The summed E-state index contributed by atoms with van der Waals surface area (Å²) in [7, 11) is -1.63. The highest BCUT2D eigenvalue weighted by atomic mass is 28.3. The number of rotatable bonds is 1. The first kappa shape index (κ1) is 17.5. The molecule has 0 fully saturated rings. The van der Waals surface area contributed by atoms with Gasteiger partial charge in [-0.05, 0) is 33.6 Å². The average molecular weight is 307 g/mol. The van der Waals surface area contributed by atoms with E-state index in [9.17, 15) is 9.59 Å². The lowest BCUT2D eigenvalue weighted by Crippen LogP contribution is -2.35. The minimum absolute atomic E-state index is 0.0413. The summed E-state index contributed by atoms with van der Waals surface area (Å²) in [5, 5.41) is 0. The standard InChI is InChI=1S/C16H25NO3Si/c1-16(2,3)20-15(19)17(10-11-21(4,5)6)13-8-7-9-14(18)12-13/h12H,7-9H2,1-6H3. The first-order valence-electron chi connectivity index (χ1n) is 7.27. The maximum absolute atomic E-state index is 12.3. The fourth-order valence-electron chi connectivity index (χ4n) is 1.72. The third kappa shape index (κ3) is 6.63. The van der Waals surface area contributed by atoms with Gasteiger partial charge < -0.3 is 4.74 Å². The fourth-order valence-corrected chi connectivity index (χ4v) is 2.16. The van der Waals surface area contributed by atoms with Crippen LogP contribution in [0.4, 0.5) is 4.79 Å². The Balaban J connectivity index is 3.08. The van der Waals surface area contributed by atoms with E-state index in [1.54, 1.807) is 0 Å². The van der Waals surface area contributed by atoms with Gasteiger partial charge in [-0.25, -0.2) is 9.69 Å². The van der Waals surface area contributed by atoms with Crippen LogP contribution in [0, 0.1) is 11.6 Å². The SMILES string of the molecule is CC(C)(C)OC(=O)N(C#C[Si](C)(C)C)C1=CC(=O)CCC1.